The number of aryl methyl sites for hydroxylation is 1. The van der Waals surface area contributed by atoms with E-state index in [1.807, 2.05) is 24.1 Å². The summed E-state index contributed by atoms with van der Waals surface area (Å²) in [5.74, 6) is -0.293. The summed E-state index contributed by atoms with van der Waals surface area (Å²) in [5, 5.41) is 8.97. The van der Waals surface area contributed by atoms with E-state index in [9.17, 15) is 9.59 Å². The van der Waals surface area contributed by atoms with Crippen LogP contribution >= 0.6 is 0 Å². The Labute approximate surface area is 134 Å². The highest BCUT2D eigenvalue weighted by molar-refractivity contribution is 5.91. The topological polar surface area (TPSA) is 75.4 Å². The van der Waals surface area contributed by atoms with Crippen molar-refractivity contribution in [1.82, 2.24) is 14.5 Å². The number of aromatic carboxylic acids is 1. The van der Waals surface area contributed by atoms with Crippen molar-refractivity contribution in [2.75, 3.05) is 13.1 Å². The predicted molar refractivity (Wildman–Crippen MR) is 84.5 cm³/mol. The van der Waals surface area contributed by atoms with Crippen LogP contribution in [-0.2, 0) is 7.05 Å². The number of rotatable bonds is 3. The van der Waals surface area contributed by atoms with Crippen molar-refractivity contribution >= 4 is 11.9 Å². The van der Waals surface area contributed by atoms with Gasteiger partial charge in [-0.3, -0.25) is 4.79 Å². The molecule has 0 radical (unpaired) electrons. The minimum absolute atomic E-state index is 0.0515. The van der Waals surface area contributed by atoms with Gasteiger partial charge in [0.25, 0.3) is 5.91 Å². The average molecular weight is 313 g/mol. The molecule has 1 N–H and O–H groups in total. The lowest BCUT2D eigenvalue weighted by Gasteiger charge is -2.32. The zero-order valence-electron chi connectivity index (χ0n) is 13.0. The summed E-state index contributed by atoms with van der Waals surface area (Å²) >= 11 is 0. The Bertz CT molecular complexity index is 721. The number of imidazole rings is 1. The Morgan fingerprint density at radius 3 is 2.61 bits per heavy atom. The maximum atomic E-state index is 12.6. The van der Waals surface area contributed by atoms with Crippen molar-refractivity contribution in [3.63, 3.8) is 0 Å². The molecule has 0 saturated carbocycles. The normalized spacial score (nSPS) is 18.0. The number of aromatic nitrogens is 2. The number of carbonyl (C=O) groups excluding carboxylic acids is 1. The lowest BCUT2D eigenvalue weighted by atomic mass is 9.90. The average Bonchev–Trinajstić information content (AvgIpc) is 3.00. The predicted octanol–water partition coefficient (Wildman–Crippen LogP) is 2.14. The van der Waals surface area contributed by atoms with Gasteiger partial charge in [-0.15, -0.1) is 0 Å². The molecule has 6 heteroatoms. The first kappa shape index (κ1) is 15.3. The first-order valence-corrected chi connectivity index (χ1v) is 7.66. The van der Waals surface area contributed by atoms with E-state index in [-0.39, 0.29) is 17.4 Å². The highest BCUT2D eigenvalue weighted by Gasteiger charge is 2.27. The second-order valence-corrected chi connectivity index (χ2v) is 5.88. The van der Waals surface area contributed by atoms with E-state index in [1.54, 1.807) is 29.1 Å². The number of amides is 1. The van der Waals surface area contributed by atoms with Crippen LogP contribution < -0.4 is 0 Å². The van der Waals surface area contributed by atoms with Crippen LogP contribution in [0.2, 0.25) is 0 Å². The van der Waals surface area contributed by atoms with Crippen LogP contribution in [0.25, 0.3) is 0 Å². The van der Waals surface area contributed by atoms with Crippen LogP contribution in [0.5, 0.6) is 0 Å². The maximum absolute atomic E-state index is 12.6. The Morgan fingerprint density at radius 2 is 2.00 bits per heavy atom. The van der Waals surface area contributed by atoms with Gasteiger partial charge in [0.05, 0.1) is 5.56 Å². The molecule has 1 aliphatic rings. The zero-order chi connectivity index (χ0) is 16.4. The molecule has 1 unspecified atom stereocenters. The third-order valence-corrected chi connectivity index (χ3v) is 4.35. The van der Waals surface area contributed by atoms with Gasteiger partial charge in [0.1, 0.15) is 0 Å². The quantitative estimate of drug-likeness (QED) is 0.942. The molecule has 1 fully saturated rings. The van der Waals surface area contributed by atoms with E-state index in [0.29, 0.717) is 12.4 Å². The molecule has 120 valence electrons. The largest absolute Gasteiger partial charge is 0.478 e. The molecule has 1 aromatic carbocycles. The summed E-state index contributed by atoms with van der Waals surface area (Å²) in [6, 6.07) is 6.94. The third kappa shape index (κ3) is 3.11. The van der Waals surface area contributed by atoms with Gasteiger partial charge in [0, 0.05) is 38.4 Å². The number of benzene rings is 1. The highest BCUT2D eigenvalue weighted by atomic mass is 16.4. The molecule has 1 saturated heterocycles. The molecule has 1 aliphatic heterocycles. The molecule has 2 aromatic rings. The number of carboxylic acid groups (broad SMARTS) is 1. The fourth-order valence-electron chi connectivity index (χ4n) is 3.04. The molecule has 0 bridgehead atoms. The number of hydrogen-bond donors (Lipinski definition) is 1. The molecule has 2 heterocycles. The van der Waals surface area contributed by atoms with Crippen molar-refractivity contribution in [3.05, 3.63) is 53.6 Å². The second kappa shape index (κ2) is 6.24. The Balaban J connectivity index is 1.74. The summed E-state index contributed by atoms with van der Waals surface area (Å²) in [7, 11) is 1.81. The lowest BCUT2D eigenvalue weighted by Crippen LogP contribution is -2.40. The standard InChI is InChI=1S/C17H19N3O3/c1-19-10-8-18-15(19)16(21)20-9-2-3-14(11-20)12-4-6-13(7-5-12)17(22)23/h4-8,10,14H,2-3,9,11H2,1H3,(H,22,23). The zero-order valence-corrected chi connectivity index (χ0v) is 13.0. The van der Waals surface area contributed by atoms with Crippen LogP contribution in [0.15, 0.2) is 36.7 Å². The number of piperidine rings is 1. The van der Waals surface area contributed by atoms with Gasteiger partial charge in [-0.05, 0) is 30.5 Å². The summed E-state index contributed by atoms with van der Waals surface area (Å²) in [6.07, 6.45) is 5.32. The Morgan fingerprint density at radius 1 is 1.26 bits per heavy atom. The van der Waals surface area contributed by atoms with E-state index < -0.39 is 5.97 Å². The Kier molecular flexibility index (Phi) is 4.14. The molecular formula is C17H19N3O3. The number of carboxylic acids is 1. The van der Waals surface area contributed by atoms with Gasteiger partial charge < -0.3 is 14.6 Å². The first-order chi connectivity index (χ1) is 11.1. The van der Waals surface area contributed by atoms with E-state index in [0.717, 1.165) is 24.9 Å². The molecular weight excluding hydrogens is 294 g/mol. The van der Waals surface area contributed by atoms with Gasteiger partial charge in [0.2, 0.25) is 0 Å². The Hall–Kier alpha value is -2.63. The van der Waals surface area contributed by atoms with Crippen LogP contribution in [-0.4, -0.2) is 44.5 Å². The van der Waals surface area contributed by atoms with E-state index in [1.165, 1.54) is 0 Å². The van der Waals surface area contributed by atoms with Gasteiger partial charge in [0.15, 0.2) is 5.82 Å². The monoisotopic (exact) mass is 313 g/mol. The van der Waals surface area contributed by atoms with E-state index in [2.05, 4.69) is 4.98 Å². The summed E-state index contributed by atoms with van der Waals surface area (Å²) in [5.41, 5.74) is 1.36. The van der Waals surface area contributed by atoms with E-state index in [4.69, 9.17) is 5.11 Å². The second-order valence-electron chi connectivity index (χ2n) is 5.88. The SMILES string of the molecule is Cn1ccnc1C(=O)N1CCCC(c2ccc(C(=O)O)cc2)C1. The van der Waals surface area contributed by atoms with E-state index >= 15 is 0 Å². The molecule has 3 rings (SSSR count). The number of hydrogen-bond acceptors (Lipinski definition) is 3. The molecule has 0 aliphatic carbocycles. The van der Waals surface area contributed by atoms with Crippen LogP contribution in [0.4, 0.5) is 0 Å². The molecule has 0 spiro atoms. The molecule has 1 amide bonds. The molecule has 23 heavy (non-hydrogen) atoms. The number of nitrogens with zero attached hydrogens (tertiary/aromatic N) is 3. The van der Waals surface area contributed by atoms with Crippen molar-refractivity contribution in [2.45, 2.75) is 18.8 Å². The molecule has 1 atom stereocenters. The lowest BCUT2D eigenvalue weighted by molar-refractivity contribution is 0.0687. The fraction of sp³-hybridized carbons (Fsp3) is 0.353. The van der Waals surface area contributed by atoms with Gasteiger partial charge in [-0.25, -0.2) is 9.78 Å². The van der Waals surface area contributed by atoms with Crippen LogP contribution in [0, 0.1) is 0 Å². The summed E-state index contributed by atoms with van der Waals surface area (Å²) < 4.78 is 1.73. The summed E-state index contributed by atoms with van der Waals surface area (Å²) in [4.78, 5) is 29.5. The molecule has 6 nitrogen and oxygen atoms in total. The minimum Gasteiger partial charge on any atom is -0.478 e. The van der Waals surface area contributed by atoms with Crippen LogP contribution in [0.1, 0.15) is 45.3 Å². The molecule has 1 aromatic heterocycles. The summed E-state index contributed by atoms with van der Waals surface area (Å²) in [6.45, 7) is 1.37. The van der Waals surface area contributed by atoms with Crippen molar-refractivity contribution < 1.29 is 14.7 Å². The maximum Gasteiger partial charge on any atom is 0.335 e. The highest BCUT2D eigenvalue weighted by Crippen LogP contribution is 2.27. The van der Waals surface area contributed by atoms with Crippen molar-refractivity contribution in [3.8, 4) is 0 Å². The first-order valence-electron chi connectivity index (χ1n) is 7.66. The van der Waals surface area contributed by atoms with Gasteiger partial charge in [-0.1, -0.05) is 12.1 Å². The smallest absolute Gasteiger partial charge is 0.335 e. The van der Waals surface area contributed by atoms with Crippen molar-refractivity contribution in [1.29, 1.82) is 0 Å². The number of carbonyl (C=O) groups is 2. The third-order valence-electron chi connectivity index (χ3n) is 4.35. The van der Waals surface area contributed by atoms with Crippen LogP contribution in [0.3, 0.4) is 0 Å². The fourth-order valence-corrected chi connectivity index (χ4v) is 3.04. The number of likely N-dealkylation sites (tertiary alicyclic amines) is 1. The van der Waals surface area contributed by atoms with Gasteiger partial charge >= 0.3 is 5.97 Å². The van der Waals surface area contributed by atoms with Crippen molar-refractivity contribution in [2.24, 2.45) is 7.05 Å². The minimum atomic E-state index is -0.924. The van der Waals surface area contributed by atoms with Gasteiger partial charge in [-0.2, -0.15) is 0 Å².